The number of hydrogen-bond acceptors (Lipinski definition) is 6. The smallest absolute Gasteiger partial charge is 0.306 e. The van der Waals surface area contributed by atoms with Crippen LogP contribution in [-0.4, -0.2) is 37.2 Å². The van der Waals surface area contributed by atoms with Crippen molar-refractivity contribution in [3.8, 4) is 0 Å². The Hall–Kier alpha value is -4.19. The zero-order chi connectivity index (χ0) is 55.0. The van der Waals surface area contributed by atoms with Crippen LogP contribution in [0.15, 0.2) is 122 Å². The monoisotopic (exact) mass is 1050 g/mol. The molecule has 0 aliphatic heterocycles. The van der Waals surface area contributed by atoms with Gasteiger partial charge in [-0.2, -0.15) is 0 Å². The van der Waals surface area contributed by atoms with Crippen molar-refractivity contribution in [2.45, 2.75) is 290 Å². The lowest BCUT2D eigenvalue weighted by Crippen LogP contribution is -2.30. The van der Waals surface area contributed by atoms with E-state index in [4.69, 9.17) is 14.2 Å². The van der Waals surface area contributed by atoms with Gasteiger partial charge in [0.1, 0.15) is 13.2 Å². The summed E-state index contributed by atoms with van der Waals surface area (Å²) in [6.07, 6.45) is 87.6. The van der Waals surface area contributed by atoms with Gasteiger partial charge < -0.3 is 14.2 Å². The molecule has 0 saturated carbocycles. The maximum absolute atomic E-state index is 12.9. The molecule has 6 heteroatoms. The van der Waals surface area contributed by atoms with E-state index in [0.717, 1.165) is 135 Å². The van der Waals surface area contributed by atoms with Crippen LogP contribution in [0.3, 0.4) is 0 Å². The zero-order valence-electron chi connectivity index (χ0n) is 49.5. The standard InChI is InChI=1S/C70H116O6/c1-4-7-10-13-16-19-22-25-28-31-33-34-35-36-37-40-42-45-48-51-54-57-60-63-69(72)75-66-67(65-74-68(71)62-59-56-53-50-47-44-41-38-30-27-24-21-18-15-12-9-6-3)76-70(73)64-61-58-55-52-49-46-43-39-32-29-26-23-20-17-14-11-8-5-2/h7,9-10,12,16,18-19,21,25,27-30,32-34,36-37,42,45,67H,4-6,8,11,13-15,17,20,22-24,26,31,35,38-41,43-44,46-66H2,1-3H3/b10-7-,12-9-,19-16-,21-18-,28-25-,30-27-,32-29-,34-33-,37-36-,45-42-. The van der Waals surface area contributed by atoms with Gasteiger partial charge >= 0.3 is 17.9 Å². The van der Waals surface area contributed by atoms with Gasteiger partial charge in [-0.05, 0) is 128 Å². The van der Waals surface area contributed by atoms with Crippen molar-refractivity contribution in [1.29, 1.82) is 0 Å². The van der Waals surface area contributed by atoms with E-state index in [1.165, 1.54) is 109 Å². The second-order valence-corrected chi connectivity index (χ2v) is 20.5. The van der Waals surface area contributed by atoms with Crippen LogP contribution in [0.5, 0.6) is 0 Å². The predicted octanol–water partition coefficient (Wildman–Crippen LogP) is 21.6. The summed E-state index contributed by atoms with van der Waals surface area (Å²) in [6.45, 7) is 6.40. The van der Waals surface area contributed by atoms with Crippen LogP contribution in [0.4, 0.5) is 0 Å². The summed E-state index contributed by atoms with van der Waals surface area (Å²) in [5, 5.41) is 0. The van der Waals surface area contributed by atoms with Crippen LogP contribution in [0.2, 0.25) is 0 Å². The third kappa shape index (κ3) is 60.7. The van der Waals surface area contributed by atoms with E-state index in [9.17, 15) is 14.4 Å². The van der Waals surface area contributed by atoms with Gasteiger partial charge in [-0.25, -0.2) is 0 Å². The normalized spacial score (nSPS) is 12.9. The van der Waals surface area contributed by atoms with Gasteiger partial charge in [-0.3, -0.25) is 14.4 Å². The Bertz CT molecular complexity index is 1590. The third-order valence-electron chi connectivity index (χ3n) is 13.2. The van der Waals surface area contributed by atoms with E-state index in [2.05, 4.69) is 142 Å². The molecule has 0 saturated heterocycles. The van der Waals surface area contributed by atoms with Gasteiger partial charge in [0.25, 0.3) is 0 Å². The van der Waals surface area contributed by atoms with Crippen LogP contribution in [0, 0.1) is 0 Å². The second-order valence-electron chi connectivity index (χ2n) is 20.5. The largest absolute Gasteiger partial charge is 0.462 e. The fraction of sp³-hybridized carbons (Fsp3) is 0.671. The zero-order valence-corrected chi connectivity index (χ0v) is 49.5. The molecule has 0 heterocycles. The Kier molecular flexibility index (Phi) is 59.9. The van der Waals surface area contributed by atoms with Crippen molar-refractivity contribution in [2.75, 3.05) is 13.2 Å². The van der Waals surface area contributed by atoms with E-state index in [1.54, 1.807) is 0 Å². The number of carbonyl (C=O) groups is 3. The predicted molar refractivity (Wildman–Crippen MR) is 330 cm³/mol. The lowest BCUT2D eigenvalue weighted by atomic mass is 10.1. The minimum atomic E-state index is -0.800. The number of ether oxygens (including phenoxy) is 3. The van der Waals surface area contributed by atoms with E-state index < -0.39 is 6.10 Å². The Morgan fingerprint density at radius 1 is 0.276 bits per heavy atom. The molecular weight excluding hydrogens is 937 g/mol. The average molecular weight is 1050 g/mol. The van der Waals surface area contributed by atoms with Gasteiger partial charge in [0.05, 0.1) is 0 Å². The summed E-state index contributed by atoms with van der Waals surface area (Å²) in [7, 11) is 0. The van der Waals surface area contributed by atoms with Crippen LogP contribution < -0.4 is 0 Å². The van der Waals surface area contributed by atoms with Gasteiger partial charge in [0.2, 0.25) is 0 Å². The van der Waals surface area contributed by atoms with Crippen LogP contribution in [-0.2, 0) is 28.6 Å². The molecule has 1 unspecified atom stereocenters. The summed E-state index contributed by atoms with van der Waals surface area (Å²) in [5.41, 5.74) is 0. The number of rotatable bonds is 56. The van der Waals surface area contributed by atoms with Crippen molar-refractivity contribution < 1.29 is 28.6 Å². The lowest BCUT2D eigenvalue weighted by Gasteiger charge is -2.18. The molecule has 1 atom stereocenters. The fourth-order valence-electron chi connectivity index (χ4n) is 8.51. The van der Waals surface area contributed by atoms with E-state index in [1.807, 2.05) is 0 Å². The highest BCUT2D eigenvalue weighted by Gasteiger charge is 2.19. The Balaban J connectivity index is 4.46. The minimum absolute atomic E-state index is 0.0954. The molecule has 0 radical (unpaired) electrons. The number of esters is 3. The second kappa shape index (κ2) is 63.3. The first-order valence-corrected chi connectivity index (χ1v) is 31.5. The fourth-order valence-corrected chi connectivity index (χ4v) is 8.51. The molecule has 6 nitrogen and oxygen atoms in total. The van der Waals surface area contributed by atoms with Crippen LogP contribution in [0.25, 0.3) is 0 Å². The summed E-state index contributed by atoms with van der Waals surface area (Å²) in [6, 6.07) is 0. The average Bonchev–Trinajstić information content (AvgIpc) is 3.42. The van der Waals surface area contributed by atoms with Crippen molar-refractivity contribution in [3.05, 3.63) is 122 Å². The molecule has 0 aliphatic rings. The maximum Gasteiger partial charge on any atom is 0.306 e. The Morgan fingerprint density at radius 3 is 0.816 bits per heavy atom. The van der Waals surface area contributed by atoms with Gasteiger partial charge in [0, 0.05) is 19.3 Å². The summed E-state index contributed by atoms with van der Waals surface area (Å²) in [4.78, 5) is 38.3. The van der Waals surface area contributed by atoms with Crippen LogP contribution >= 0.6 is 0 Å². The van der Waals surface area contributed by atoms with E-state index >= 15 is 0 Å². The summed E-state index contributed by atoms with van der Waals surface area (Å²) in [5.74, 6) is -0.930. The first-order valence-electron chi connectivity index (χ1n) is 31.5. The number of allylic oxidation sites excluding steroid dienone is 20. The molecule has 76 heavy (non-hydrogen) atoms. The third-order valence-corrected chi connectivity index (χ3v) is 13.2. The number of unbranched alkanes of at least 4 members (excludes halogenated alkanes) is 25. The molecule has 0 aliphatic carbocycles. The highest BCUT2D eigenvalue weighted by molar-refractivity contribution is 5.71. The highest BCUT2D eigenvalue weighted by atomic mass is 16.6. The van der Waals surface area contributed by atoms with Crippen LogP contribution in [0.1, 0.15) is 284 Å². The maximum atomic E-state index is 12.9. The van der Waals surface area contributed by atoms with E-state index in [0.29, 0.717) is 19.3 Å². The molecule has 0 aromatic heterocycles. The first kappa shape index (κ1) is 71.8. The van der Waals surface area contributed by atoms with Crippen molar-refractivity contribution in [1.82, 2.24) is 0 Å². The number of carbonyl (C=O) groups excluding carboxylic acids is 3. The van der Waals surface area contributed by atoms with Crippen molar-refractivity contribution >= 4 is 17.9 Å². The number of hydrogen-bond donors (Lipinski definition) is 0. The minimum Gasteiger partial charge on any atom is -0.462 e. The molecular formula is C70H116O6. The Labute approximate surface area is 469 Å². The molecule has 0 bridgehead atoms. The first-order chi connectivity index (χ1) is 37.5. The molecule has 432 valence electrons. The lowest BCUT2D eigenvalue weighted by molar-refractivity contribution is -0.167. The van der Waals surface area contributed by atoms with Crippen molar-refractivity contribution in [2.24, 2.45) is 0 Å². The van der Waals surface area contributed by atoms with E-state index in [-0.39, 0.29) is 31.1 Å². The molecule has 0 N–H and O–H groups in total. The molecule has 0 amide bonds. The SMILES string of the molecule is CC/C=C\C/C=C\C/C=C\C/C=C\C/C=C\C/C=C\CCCCCCC(=O)OCC(COC(=O)CCCCCCCCC/C=C\C/C=C\C/C=C\CC)OC(=O)CCCCCCCCC/C=C\CCCCCCCCC. The summed E-state index contributed by atoms with van der Waals surface area (Å²) >= 11 is 0. The molecule has 0 aromatic carbocycles. The molecule has 0 aromatic rings. The van der Waals surface area contributed by atoms with Gasteiger partial charge in [-0.1, -0.05) is 258 Å². The topological polar surface area (TPSA) is 78.9 Å². The summed E-state index contributed by atoms with van der Waals surface area (Å²) < 4.78 is 16.9. The quantitative estimate of drug-likeness (QED) is 0.0261. The van der Waals surface area contributed by atoms with Crippen molar-refractivity contribution in [3.63, 3.8) is 0 Å². The van der Waals surface area contributed by atoms with Gasteiger partial charge in [0.15, 0.2) is 6.10 Å². The highest BCUT2D eigenvalue weighted by Crippen LogP contribution is 2.15. The van der Waals surface area contributed by atoms with Gasteiger partial charge in [-0.15, -0.1) is 0 Å². The molecule has 0 spiro atoms. The molecule has 0 fully saturated rings. The Morgan fingerprint density at radius 2 is 0.513 bits per heavy atom. The molecule has 0 rings (SSSR count).